The first-order valence-corrected chi connectivity index (χ1v) is 7.01. The predicted octanol–water partition coefficient (Wildman–Crippen LogP) is 1.77. The predicted molar refractivity (Wildman–Crippen MR) is 74.6 cm³/mol. The van der Waals surface area contributed by atoms with Crippen LogP contribution in [0.25, 0.3) is 0 Å². The number of urea groups is 1. The molecule has 116 valence electrons. The second-order valence-corrected chi connectivity index (χ2v) is 6.11. The van der Waals surface area contributed by atoms with Crippen LogP contribution in [0.1, 0.15) is 38.1 Å². The summed E-state index contributed by atoms with van der Waals surface area (Å²) in [5.41, 5.74) is 0.176. The number of aliphatic carboxylic acids is 1. The van der Waals surface area contributed by atoms with Gasteiger partial charge in [0, 0.05) is 12.6 Å². The van der Waals surface area contributed by atoms with Crippen LogP contribution in [0.5, 0.6) is 0 Å². The minimum Gasteiger partial charge on any atom is -0.480 e. The SMILES string of the molecule is Cc1cc(CNC(=O)N2CCCC(C)(C)C2C(=O)O)no1. The van der Waals surface area contributed by atoms with Gasteiger partial charge in [-0.15, -0.1) is 0 Å². The molecule has 0 saturated carbocycles. The Morgan fingerprint density at radius 3 is 2.86 bits per heavy atom. The first kappa shape index (κ1) is 15.3. The monoisotopic (exact) mass is 295 g/mol. The Labute approximate surface area is 123 Å². The highest BCUT2D eigenvalue weighted by atomic mass is 16.5. The summed E-state index contributed by atoms with van der Waals surface area (Å²) in [6, 6.07) is 0.538. The fourth-order valence-electron chi connectivity index (χ4n) is 2.85. The Morgan fingerprint density at radius 2 is 2.29 bits per heavy atom. The third-order valence-electron chi connectivity index (χ3n) is 3.86. The summed E-state index contributed by atoms with van der Waals surface area (Å²) < 4.78 is 4.93. The van der Waals surface area contributed by atoms with Crippen molar-refractivity contribution in [1.82, 2.24) is 15.4 Å². The van der Waals surface area contributed by atoms with Crippen LogP contribution in [-0.4, -0.2) is 39.8 Å². The van der Waals surface area contributed by atoms with E-state index < -0.39 is 17.4 Å². The molecular formula is C14H21N3O4. The molecule has 0 bridgehead atoms. The molecule has 0 aromatic carbocycles. The summed E-state index contributed by atoms with van der Waals surface area (Å²) in [7, 11) is 0. The first-order valence-electron chi connectivity index (χ1n) is 7.01. The van der Waals surface area contributed by atoms with Crippen LogP contribution < -0.4 is 5.32 Å². The molecule has 1 aromatic rings. The van der Waals surface area contributed by atoms with Gasteiger partial charge < -0.3 is 19.8 Å². The number of rotatable bonds is 3. The molecule has 7 nitrogen and oxygen atoms in total. The Bertz CT molecular complexity index is 538. The number of hydrogen-bond acceptors (Lipinski definition) is 4. The maximum Gasteiger partial charge on any atom is 0.327 e. The number of carboxylic acids is 1. The van der Waals surface area contributed by atoms with E-state index in [2.05, 4.69) is 10.5 Å². The third-order valence-corrected chi connectivity index (χ3v) is 3.86. The van der Waals surface area contributed by atoms with Crippen LogP contribution in [0.3, 0.4) is 0 Å². The van der Waals surface area contributed by atoms with Crippen molar-refractivity contribution in [3.63, 3.8) is 0 Å². The number of carbonyl (C=O) groups excluding carboxylic acids is 1. The molecular weight excluding hydrogens is 274 g/mol. The van der Waals surface area contributed by atoms with Gasteiger partial charge in [0.1, 0.15) is 17.5 Å². The Morgan fingerprint density at radius 1 is 1.57 bits per heavy atom. The van der Waals surface area contributed by atoms with Gasteiger partial charge in [0.2, 0.25) is 0 Å². The number of piperidine rings is 1. The summed E-state index contributed by atoms with van der Waals surface area (Å²) >= 11 is 0. The molecule has 0 aliphatic carbocycles. The third kappa shape index (κ3) is 3.34. The molecule has 21 heavy (non-hydrogen) atoms. The molecule has 7 heteroatoms. The Kier molecular flexibility index (Phi) is 4.20. The van der Waals surface area contributed by atoms with E-state index in [1.165, 1.54) is 4.90 Å². The average molecular weight is 295 g/mol. The number of hydrogen-bond donors (Lipinski definition) is 2. The van der Waals surface area contributed by atoms with Crippen molar-refractivity contribution in [3.05, 3.63) is 17.5 Å². The second kappa shape index (κ2) is 5.75. The van der Waals surface area contributed by atoms with Crippen molar-refractivity contribution < 1.29 is 19.2 Å². The van der Waals surface area contributed by atoms with Gasteiger partial charge in [-0.1, -0.05) is 19.0 Å². The van der Waals surface area contributed by atoms with Crippen molar-refractivity contribution >= 4 is 12.0 Å². The number of likely N-dealkylation sites (tertiary alicyclic amines) is 1. The maximum absolute atomic E-state index is 12.3. The topological polar surface area (TPSA) is 95.7 Å². The molecule has 1 unspecified atom stereocenters. The number of nitrogens with zero attached hydrogens (tertiary/aromatic N) is 2. The van der Waals surface area contributed by atoms with Crippen molar-refractivity contribution in [1.29, 1.82) is 0 Å². The zero-order valence-electron chi connectivity index (χ0n) is 12.5. The highest BCUT2D eigenvalue weighted by Gasteiger charge is 2.44. The van der Waals surface area contributed by atoms with Crippen molar-refractivity contribution in [2.24, 2.45) is 5.41 Å². The van der Waals surface area contributed by atoms with E-state index in [0.29, 0.717) is 18.0 Å². The van der Waals surface area contributed by atoms with Crippen LogP contribution in [-0.2, 0) is 11.3 Å². The van der Waals surface area contributed by atoms with Crippen LogP contribution in [0.2, 0.25) is 0 Å². The highest BCUT2D eigenvalue weighted by Crippen LogP contribution is 2.35. The van der Waals surface area contributed by atoms with E-state index in [1.54, 1.807) is 13.0 Å². The van der Waals surface area contributed by atoms with E-state index in [0.717, 1.165) is 12.8 Å². The first-order chi connectivity index (χ1) is 9.81. The number of aryl methyl sites for hydroxylation is 1. The Hall–Kier alpha value is -2.05. The number of aromatic nitrogens is 1. The van der Waals surface area contributed by atoms with Gasteiger partial charge >= 0.3 is 12.0 Å². The van der Waals surface area contributed by atoms with Gasteiger partial charge in [-0.25, -0.2) is 9.59 Å². The summed E-state index contributed by atoms with van der Waals surface area (Å²) in [5.74, 6) is -0.297. The molecule has 1 aliphatic rings. The van der Waals surface area contributed by atoms with Crippen LogP contribution >= 0.6 is 0 Å². The summed E-state index contributed by atoms with van der Waals surface area (Å²) in [5, 5.41) is 15.9. The van der Waals surface area contributed by atoms with Gasteiger partial charge in [0.15, 0.2) is 0 Å². The molecule has 1 atom stereocenters. The van der Waals surface area contributed by atoms with Gasteiger partial charge in [-0.3, -0.25) is 0 Å². The number of amides is 2. The molecule has 0 spiro atoms. The smallest absolute Gasteiger partial charge is 0.327 e. The lowest BCUT2D eigenvalue weighted by Gasteiger charge is -2.43. The maximum atomic E-state index is 12.3. The quantitative estimate of drug-likeness (QED) is 0.886. The molecule has 1 saturated heterocycles. The lowest BCUT2D eigenvalue weighted by Crippen LogP contribution is -2.58. The fourth-order valence-corrected chi connectivity index (χ4v) is 2.85. The molecule has 1 aromatic heterocycles. The second-order valence-electron chi connectivity index (χ2n) is 6.11. The van der Waals surface area contributed by atoms with Crippen molar-refractivity contribution in [2.75, 3.05) is 6.54 Å². The molecule has 2 heterocycles. The fraction of sp³-hybridized carbons (Fsp3) is 0.643. The van der Waals surface area contributed by atoms with Crippen molar-refractivity contribution in [3.8, 4) is 0 Å². The van der Waals surface area contributed by atoms with Gasteiger partial charge in [-0.05, 0) is 25.2 Å². The molecule has 2 amide bonds. The number of nitrogens with one attached hydrogen (secondary N) is 1. The minimum atomic E-state index is -0.966. The number of carboxylic acid groups (broad SMARTS) is 1. The van der Waals surface area contributed by atoms with E-state index in [4.69, 9.17) is 4.52 Å². The van der Waals surface area contributed by atoms with E-state index in [9.17, 15) is 14.7 Å². The van der Waals surface area contributed by atoms with Gasteiger partial charge in [-0.2, -0.15) is 0 Å². The van der Waals surface area contributed by atoms with Gasteiger partial charge in [0.25, 0.3) is 0 Å². The van der Waals surface area contributed by atoms with Crippen LogP contribution in [0.15, 0.2) is 10.6 Å². The zero-order valence-corrected chi connectivity index (χ0v) is 12.5. The van der Waals surface area contributed by atoms with E-state index in [-0.39, 0.29) is 12.6 Å². The highest BCUT2D eigenvalue weighted by molar-refractivity contribution is 5.83. The van der Waals surface area contributed by atoms with Crippen LogP contribution in [0, 0.1) is 12.3 Å². The molecule has 2 N–H and O–H groups in total. The van der Waals surface area contributed by atoms with Gasteiger partial charge in [0.05, 0.1) is 6.54 Å². The Balaban J connectivity index is 2.04. The van der Waals surface area contributed by atoms with Crippen LogP contribution in [0.4, 0.5) is 4.79 Å². The summed E-state index contributed by atoms with van der Waals surface area (Å²) in [6.45, 7) is 6.20. The largest absolute Gasteiger partial charge is 0.480 e. The average Bonchev–Trinajstić information content (AvgIpc) is 2.79. The molecule has 2 rings (SSSR count). The zero-order chi connectivity index (χ0) is 15.6. The molecule has 1 fully saturated rings. The van der Waals surface area contributed by atoms with Crippen molar-refractivity contribution in [2.45, 2.75) is 46.2 Å². The lowest BCUT2D eigenvalue weighted by molar-refractivity contribution is -0.148. The minimum absolute atomic E-state index is 0.222. The normalized spacial score (nSPS) is 21.1. The molecule has 0 radical (unpaired) electrons. The summed E-state index contributed by atoms with van der Waals surface area (Å²) in [4.78, 5) is 25.2. The van der Waals surface area contributed by atoms with E-state index >= 15 is 0 Å². The number of carbonyl (C=O) groups is 2. The van der Waals surface area contributed by atoms with E-state index in [1.807, 2.05) is 13.8 Å². The standard InChI is InChI=1S/C14H21N3O4/c1-9-7-10(16-21-9)8-15-13(20)17-6-4-5-14(2,3)11(17)12(18)19/h7,11H,4-6,8H2,1-3H3,(H,15,20)(H,18,19). The lowest BCUT2D eigenvalue weighted by atomic mass is 9.76. The summed E-state index contributed by atoms with van der Waals surface area (Å²) in [6.07, 6.45) is 1.59. The molecule has 1 aliphatic heterocycles.